The number of para-hydroxylation sites is 1. The molecule has 1 aliphatic heterocycles. The molecule has 0 saturated carbocycles. The van der Waals surface area contributed by atoms with Gasteiger partial charge in [-0.3, -0.25) is 0 Å². The van der Waals surface area contributed by atoms with Crippen molar-refractivity contribution in [1.82, 2.24) is 10.6 Å². The average molecular weight is 280 g/mol. The number of hydrogen-bond acceptors (Lipinski definition) is 4. The molecular weight excluding hydrogens is 264 g/mol. The average Bonchev–Trinajstić information content (AvgIpc) is 2.85. The number of carboxylic acid groups (broad SMARTS) is 1. The molecule has 108 valence electrons. The first-order chi connectivity index (χ1) is 9.60. The number of urea groups is 1. The summed E-state index contributed by atoms with van der Waals surface area (Å²) in [4.78, 5) is 22.1. The molecule has 2 amide bonds. The molecule has 1 heterocycles. The van der Waals surface area contributed by atoms with Gasteiger partial charge in [-0.25, -0.2) is 9.59 Å². The van der Waals surface area contributed by atoms with Crippen LogP contribution in [0, 0.1) is 0 Å². The van der Waals surface area contributed by atoms with Crippen molar-refractivity contribution in [2.24, 2.45) is 0 Å². The van der Waals surface area contributed by atoms with Crippen LogP contribution in [0.2, 0.25) is 0 Å². The molecule has 2 rings (SSSR count). The van der Waals surface area contributed by atoms with Crippen LogP contribution in [0.15, 0.2) is 24.3 Å². The van der Waals surface area contributed by atoms with Crippen LogP contribution >= 0.6 is 0 Å². The van der Waals surface area contributed by atoms with E-state index >= 15 is 0 Å². The third kappa shape index (κ3) is 3.39. The van der Waals surface area contributed by atoms with Crippen LogP contribution in [-0.4, -0.2) is 47.5 Å². The number of nitrogens with one attached hydrogen (secondary N) is 2. The van der Waals surface area contributed by atoms with Crippen LogP contribution < -0.4 is 15.4 Å². The standard InChI is InChI=1S/C13H16N2O5/c16-7-10(12(17)18)15-13(19)14-6-9-5-8-3-1-2-4-11(8)20-9/h1-4,9-10,16H,5-7H2,(H,17,18)(H2,14,15,19). The first-order valence-corrected chi connectivity index (χ1v) is 6.22. The molecule has 0 fully saturated rings. The highest BCUT2D eigenvalue weighted by Gasteiger charge is 2.24. The summed E-state index contributed by atoms with van der Waals surface area (Å²) in [5, 5.41) is 22.2. The second kappa shape index (κ2) is 6.25. The van der Waals surface area contributed by atoms with E-state index in [1.807, 2.05) is 24.3 Å². The minimum Gasteiger partial charge on any atom is -0.488 e. The summed E-state index contributed by atoms with van der Waals surface area (Å²) in [6.07, 6.45) is 0.522. The fraction of sp³-hybridized carbons (Fsp3) is 0.385. The lowest BCUT2D eigenvalue weighted by Crippen LogP contribution is -2.49. The van der Waals surface area contributed by atoms with Crippen molar-refractivity contribution in [2.45, 2.75) is 18.6 Å². The molecule has 0 radical (unpaired) electrons. The van der Waals surface area contributed by atoms with Gasteiger partial charge in [0.1, 0.15) is 11.9 Å². The Morgan fingerprint density at radius 3 is 2.80 bits per heavy atom. The number of benzene rings is 1. The van der Waals surface area contributed by atoms with Crippen LogP contribution in [0.25, 0.3) is 0 Å². The first kappa shape index (κ1) is 14.1. The number of aliphatic hydroxyl groups excluding tert-OH is 1. The van der Waals surface area contributed by atoms with E-state index in [1.165, 1.54) is 0 Å². The molecule has 2 unspecified atom stereocenters. The summed E-state index contributed by atoms with van der Waals surface area (Å²) in [7, 11) is 0. The van der Waals surface area contributed by atoms with E-state index in [4.69, 9.17) is 14.9 Å². The molecule has 0 bridgehead atoms. The van der Waals surface area contributed by atoms with Crippen LogP contribution in [0.1, 0.15) is 5.56 Å². The number of amides is 2. The van der Waals surface area contributed by atoms with Crippen LogP contribution in [0.4, 0.5) is 4.79 Å². The normalized spacial score (nSPS) is 17.8. The summed E-state index contributed by atoms with van der Waals surface area (Å²) in [6.45, 7) is -0.396. The van der Waals surface area contributed by atoms with Gasteiger partial charge in [-0.05, 0) is 11.6 Å². The van der Waals surface area contributed by atoms with Gasteiger partial charge in [0.25, 0.3) is 0 Å². The summed E-state index contributed by atoms with van der Waals surface area (Å²) >= 11 is 0. The summed E-state index contributed by atoms with van der Waals surface area (Å²) in [5.74, 6) is -0.481. The van der Waals surface area contributed by atoms with Gasteiger partial charge in [0.05, 0.1) is 13.2 Å². The van der Waals surface area contributed by atoms with Gasteiger partial charge in [-0.1, -0.05) is 18.2 Å². The monoisotopic (exact) mass is 280 g/mol. The molecule has 0 saturated heterocycles. The van der Waals surface area contributed by atoms with Crippen LogP contribution in [-0.2, 0) is 11.2 Å². The predicted molar refractivity (Wildman–Crippen MR) is 69.6 cm³/mol. The van der Waals surface area contributed by atoms with Crippen molar-refractivity contribution in [3.63, 3.8) is 0 Å². The maximum atomic E-state index is 11.5. The predicted octanol–water partition coefficient (Wildman–Crippen LogP) is -0.265. The van der Waals surface area contributed by atoms with Crippen LogP contribution in [0.3, 0.4) is 0 Å². The summed E-state index contributed by atoms with van der Waals surface area (Å²) in [6, 6.07) is 5.66. The molecule has 7 nitrogen and oxygen atoms in total. The van der Waals surface area contributed by atoms with Crippen molar-refractivity contribution in [3.05, 3.63) is 29.8 Å². The van der Waals surface area contributed by atoms with Crippen LogP contribution in [0.5, 0.6) is 5.75 Å². The van der Waals surface area contributed by atoms with Gasteiger partial charge < -0.3 is 25.6 Å². The number of aliphatic carboxylic acids is 1. The highest BCUT2D eigenvalue weighted by molar-refractivity contribution is 5.82. The zero-order chi connectivity index (χ0) is 14.5. The molecule has 1 aliphatic rings. The van der Waals surface area contributed by atoms with Crippen molar-refractivity contribution in [2.75, 3.05) is 13.2 Å². The minimum atomic E-state index is -1.31. The largest absolute Gasteiger partial charge is 0.488 e. The lowest BCUT2D eigenvalue weighted by Gasteiger charge is -2.15. The van der Waals surface area contributed by atoms with E-state index in [2.05, 4.69) is 10.6 Å². The van der Waals surface area contributed by atoms with E-state index in [0.29, 0.717) is 6.42 Å². The lowest BCUT2D eigenvalue weighted by atomic mass is 10.1. The fourth-order valence-electron chi connectivity index (χ4n) is 1.97. The number of carboxylic acids is 1. The van der Waals surface area contributed by atoms with Gasteiger partial charge in [0.15, 0.2) is 6.04 Å². The second-order valence-corrected chi connectivity index (χ2v) is 4.48. The molecule has 1 aromatic carbocycles. The number of fused-ring (bicyclic) bond motifs is 1. The third-order valence-corrected chi connectivity index (χ3v) is 2.99. The van der Waals surface area contributed by atoms with Crippen molar-refractivity contribution in [3.8, 4) is 5.75 Å². The molecule has 2 atom stereocenters. The molecule has 7 heteroatoms. The Hall–Kier alpha value is -2.28. The van der Waals surface area contributed by atoms with Gasteiger partial charge >= 0.3 is 12.0 Å². The lowest BCUT2D eigenvalue weighted by molar-refractivity contribution is -0.140. The maximum absolute atomic E-state index is 11.5. The fourth-order valence-corrected chi connectivity index (χ4v) is 1.97. The Morgan fingerprint density at radius 1 is 1.40 bits per heavy atom. The van der Waals surface area contributed by atoms with E-state index in [9.17, 15) is 9.59 Å². The zero-order valence-corrected chi connectivity index (χ0v) is 10.7. The number of rotatable bonds is 5. The highest BCUT2D eigenvalue weighted by Crippen LogP contribution is 2.27. The number of ether oxygens (including phenoxy) is 1. The topological polar surface area (TPSA) is 108 Å². The number of carbonyl (C=O) groups is 2. The SMILES string of the molecule is O=C(NCC1Cc2ccccc2O1)NC(CO)C(=O)O. The molecule has 1 aromatic rings. The number of hydrogen-bond donors (Lipinski definition) is 4. The number of carbonyl (C=O) groups excluding carboxylic acids is 1. The zero-order valence-electron chi connectivity index (χ0n) is 10.7. The van der Waals surface area contributed by atoms with Gasteiger partial charge in [-0.15, -0.1) is 0 Å². The summed E-state index contributed by atoms with van der Waals surface area (Å²) in [5.41, 5.74) is 1.08. The van der Waals surface area contributed by atoms with E-state index in [1.54, 1.807) is 0 Å². The molecule has 0 aliphatic carbocycles. The van der Waals surface area contributed by atoms with Gasteiger partial charge in [0, 0.05) is 6.42 Å². The molecule has 0 spiro atoms. The molecule has 4 N–H and O–H groups in total. The Kier molecular flexibility index (Phi) is 4.41. The Labute approximate surface area is 115 Å². The molecule has 0 aromatic heterocycles. The van der Waals surface area contributed by atoms with E-state index < -0.39 is 24.6 Å². The minimum absolute atomic E-state index is 0.171. The third-order valence-electron chi connectivity index (χ3n) is 2.99. The van der Waals surface area contributed by atoms with Gasteiger partial charge in [0.2, 0.25) is 0 Å². The second-order valence-electron chi connectivity index (χ2n) is 4.48. The van der Waals surface area contributed by atoms with Gasteiger partial charge in [-0.2, -0.15) is 0 Å². The molecule has 20 heavy (non-hydrogen) atoms. The quantitative estimate of drug-likeness (QED) is 0.594. The Morgan fingerprint density at radius 2 is 2.15 bits per heavy atom. The van der Waals surface area contributed by atoms with Crippen molar-refractivity contribution in [1.29, 1.82) is 0 Å². The number of aliphatic hydroxyl groups is 1. The Bertz CT molecular complexity index is 480. The highest BCUT2D eigenvalue weighted by atomic mass is 16.5. The molecular formula is C13H16N2O5. The van der Waals surface area contributed by atoms with E-state index in [0.717, 1.165) is 11.3 Å². The first-order valence-electron chi connectivity index (χ1n) is 6.22. The summed E-state index contributed by atoms with van der Waals surface area (Å²) < 4.78 is 5.63. The maximum Gasteiger partial charge on any atom is 0.328 e. The smallest absolute Gasteiger partial charge is 0.328 e. The van der Waals surface area contributed by atoms with E-state index in [-0.39, 0.29) is 12.6 Å². The van der Waals surface area contributed by atoms with Crippen molar-refractivity contribution >= 4 is 12.0 Å². The van der Waals surface area contributed by atoms with Crippen molar-refractivity contribution < 1.29 is 24.5 Å². The Balaban J connectivity index is 1.77.